The molecule has 0 aliphatic carbocycles. The van der Waals surface area contributed by atoms with E-state index >= 15 is 0 Å². The van der Waals surface area contributed by atoms with Crippen LogP contribution in [0, 0.1) is 24.0 Å². The molecule has 7 nitrogen and oxygen atoms in total. The van der Waals surface area contributed by atoms with Gasteiger partial charge in [0.2, 0.25) is 0 Å². The smallest absolute Gasteiger partial charge is 0.303 e. The van der Waals surface area contributed by atoms with Gasteiger partial charge in [0.1, 0.15) is 0 Å². The highest BCUT2D eigenvalue weighted by atomic mass is 16.6. The molecule has 1 amide bonds. The molecule has 0 aromatic heterocycles. The monoisotopic (exact) mass is 294 g/mol. The zero-order valence-corrected chi connectivity index (χ0v) is 12.2. The number of nitrogens with one attached hydrogen (secondary N) is 1. The summed E-state index contributed by atoms with van der Waals surface area (Å²) in [5.41, 5.74) is 1.26. The average Bonchev–Trinajstić information content (AvgIpc) is 2.35. The second kappa shape index (κ2) is 6.83. The third-order valence-electron chi connectivity index (χ3n) is 3.15. The summed E-state index contributed by atoms with van der Waals surface area (Å²) in [4.78, 5) is 33.0. The van der Waals surface area contributed by atoms with E-state index in [1.54, 1.807) is 26.8 Å². The second-order valence-corrected chi connectivity index (χ2v) is 5.02. The number of carboxylic acid groups (broad SMARTS) is 1. The lowest BCUT2D eigenvalue weighted by Crippen LogP contribution is -2.33. The highest BCUT2D eigenvalue weighted by Gasteiger charge is 2.19. The Morgan fingerprint density at radius 1 is 1.33 bits per heavy atom. The molecule has 2 N–H and O–H groups in total. The van der Waals surface area contributed by atoms with E-state index in [2.05, 4.69) is 5.32 Å². The molecule has 0 saturated heterocycles. The van der Waals surface area contributed by atoms with Gasteiger partial charge in [-0.3, -0.25) is 19.7 Å². The molecule has 0 aliphatic rings. The lowest BCUT2D eigenvalue weighted by Gasteiger charge is -2.14. The fourth-order valence-corrected chi connectivity index (χ4v) is 2.00. The van der Waals surface area contributed by atoms with E-state index in [0.717, 1.165) is 0 Å². The quantitative estimate of drug-likeness (QED) is 0.617. The summed E-state index contributed by atoms with van der Waals surface area (Å²) >= 11 is 0. The van der Waals surface area contributed by atoms with Crippen molar-refractivity contribution in [3.63, 3.8) is 0 Å². The summed E-state index contributed by atoms with van der Waals surface area (Å²) in [5, 5.41) is 22.2. The SMILES string of the molecule is Cc1cc(C)c([N+](=O)[O-])cc1C(=O)NC(C)CCC(=O)O. The van der Waals surface area contributed by atoms with Crippen molar-refractivity contribution in [2.45, 2.75) is 39.7 Å². The van der Waals surface area contributed by atoms with Gasteiger partial charge in [-0.25, -0.2) is 0 Å². The van der Waals surface area contributed by atoms with Gasteiger partial charge in [0, 0.05) is 29.7 Å². The number of amides is 1. The number of nitro benzene ring substituents is 1. The summed E-state index contributed by atoms with van der Waals surface area (Å²) < 4.78 is 0. The van der Waals surface area contributed by atoms with Gasteiger partial charge in [-0.15, -0.1) is 0 Å². The standard InChI is InChI=1S/C14H18N2O5/c1-8-6-9(2)12(16(20)21)7-11(8)14(19)15-10(3)4-5-13(17)18/h6-7,10H,4-5H2,1-3H3,(H,15,19)(H,17,18). The maximum absolute atomic E-state index is 12.1. The number of benzene rings is 1. The summed E-state index contributed by atoms with van der Waals surface area (Å²) in [6.45, 7) is 5.01. The first-order valence-electron chi connectivity index (χ1n) is 6.50. The van der Waals surface area contributed by atoms with Crippen molar-refractivity contribution in [1.82, 2.24) is 5.32 Å². The van der Waals surface area contributed by atoms with Crippen molar-refractivity contribution < 1.29 is 19.6 Å². The number of aliphatic carboxylic acids is 1. The fraction of sp³-hybridized carbons (Fsp3) is 0.429. The molecule has 1 aromatic carbocycles. The molecule has 1 atom stereocenters. The molecule has 0 spiro atoms. The van der Waals surface area contributed by atoms with Crippen LogP contribution in [0.15, 0.2) is 12.1 Å². The van der Waals surface area contributed by atoms with Crippen molar-refractivity contribution in [2.24, 2.45) is 0 Å². The molecule has 0 bridgehead atoms. The molecule has 1 aromatic rings. The minimum atomic E-state index is -0.932. The Balaban J connectivity index is 2.89. The van der Waals surface area contributed by atoms with Crippen molar-refractivity contribution in [1.29, 1.82) is 0 Å². The predicted molar refractivity (Wildman–Crippen MR) is 76.4 cm³/mol. The fourth-order valence-electron chi connectivity index (χ4n) is 2.00. The topological polar surface area (TPSA) is 110 Å². The van der Waals surface area contributed by atoms with Gasteiger partial charge < -0.3 is 10.4 Å². The highest BCUT2D eigenvalue weighted by molar-refractivity contribution is 5.96. The number of aryl methyl sites for hydroxylation is 2. The first-order chi connectivity index (χ1) is 9.72. The molecule has 1 rings (SSSR count). The third kappa shape index (κ3) is 4.55. The van der Waals surface area contributed by atoms with Crippen LogP contribution in [0.1, 0.15) is 41.3 Å². The van der Waals surface area contributed by atoms with Crippen LogP contribution in [0.2, 0.25) is 0 Å². The molecule has 7 heteroatoms. The number of hydrogen-bond acceptors (Lipinski definition) is 4. The molecule has 0 heterocycles. The Hall–Kier alpha value is -2.44. The number of carbonyl (C=O) groups is 2. The molecular weight excluding hydrogens is 276 g/mol. The van der Waals surface area contributed by atoms with E-state index in [0.29, 0.717) is 17.5 Å². The number of hydrogen-bond donors (Lipinski definition) is 2. The highest BCUT2D eigenvalue weighted by Crippen LogP contribution is 2.22. The first-order valence-corrected chi connectivity index (χ1v) is 6.50. The number of carboxylic acids is 1. The molecule has 1 unspecified atom stereocenters. The maximum Gasteiger partial charge on any atom is 0.303 e. The van der Waals surface area contributed by atoms with Crippen LogP contribution in [-0.4, -0.2) is 27.9 Å². The molecule has 0 saturated carbocycles. The van der Waals surface area contributed by atoms with Gasteiger partial charge in [-0.05, 0) is 38.8 Å². The zero-order valence-electron chi connectivity index (χ0n) is 12.2. The van der Waals surface area contributed by atoms with Crippen LogP contribution in [-0.2, 0) is 4.79 Å². The van der Waals surface area contributed by atoms with Crippen LogP contribution in [0.5, 0.6) is 0 Å². The average molecular weight is 294 g/mol. The minimum absolute atomic E-state index is 0.0471. The van der Waals surface area contributed by atoms with Crippen molar-refractivity contribution >= 4 is 17.6 Å². The summed E-state index contributed by atoms with van der Waals surface area (Å²) in [6.07, 6.45) is 0.253. The number of nitro groups is 1. The molecule has 21 heavy (non-hydrogen) atoms. The van der Waals surface area contributed by atoms with Crippen LogP contribution < -0.4 is 5.32 Å². The van der Waals surface area contributed by atoms with E-state index in [9.17, 15) is 19.7 Å². The van der Waals surface area contributed by atoms with Crippen molar-refractivity contribution in [2.75, 3.05) is 0 Å². The van der Waals surface area contributed by atoms with Crippen LogP contribution >= 0.6 is 0 Å². The second-order valence-electron chi connectivity index (χ2n) is 5.02. The Kier molecular flexibility index (Phi) is 5.40. The normalized spacial score (nSPS) is 11.8. The third-order valence-corrected chi connectivity index (χ3v) is 3.15. The minimum Gasteiger partial charge on any atom is -0.481 e. The predicted octanol–water partition coefficient (Wildman–Crippen LogP) is 2.19. The van der Waals surface area contributed by atoms with Gasteiger partial charge in [-0.1, -0.05) is 0 Å². The number of carbonyl (C=O) groups excluding carboxylic acids is 1. The Labute approximate surface area is 122 Å². The van der Waals surface area contributed by atoms with E-state index in [4.69, 9.17) is 5.11 Å². The summed E-state index contributed by atoms with van der Waals surface area (Å²) in [5.74, 6) is -1.37. The maximum atomic E-state index is 12.1. The molecule has 0 aliphatic heterocycles. The van der Waals surface area contributed by atoms with Crippen molar-refractivity contribution in [3.8, 4) is 0 Å². The Morgan fingerprint density at radius 3 is 2.48 bits per heavy atom. The number of nitrogens with zero attached hydrogens (tertiary/aromatic N) is 1. The van der Waals surface area contributed by atoms with Crippen molar-refractivity contribution in [3.05, 3.63) is 38.9 Å². The molecular formula is C14H18N2O5. The van der Waals surface area contributed by atoms with E-state index < -0.39 is 16.8 Å². The van der Waals surface area contributed by atoms with E-state index in [1.807, 2.05) is 0 Å². The summed E-state index contributed by atoms with van der Waals surface area (Å²) in [7, 11) is 0. The lowest BCUT2D eigenvalue weighted by atomic mass is 10.0. The molecule has 0 radical (unpaired) electrons. The van der Waals surface area contributed by atoms with Crippen LogP contribution in [0.25, 0.3) is 0 Å². The Bertz CT molecular complexity index is 583. The largest absolute Gasteiger partial charge is 0.481 e. The van der Waals surface area contributed by atoms with Crippen LogP contribution in [0.4, 0.5) is 5.69 Å². The van der Waals surface area contributed by atoms with E-state index in [-0.39, 0.29) is 23.7 Å². The van der Waals surface area contributed by atoms with Crippen LogP contribution in [0.3, 0.4) is 0 Å². The van der Waals surface area contributed by atoms with Gasteiger partial charge >= 0.3 is 5.97 Å². The van der Waals surface area contributed by atoms with Gasteiger partial charge in [-0.2, -0.15) is 0 Å². The molecule has 114 valence electrons. The van der Waals surface area contributed by atoms with Gasteiger partial charge in [0.15, 0.2) is 0 Å². The van der Waals surface area contributed by atoms with Gasteiger partial charge in [0.05, 0.1) is 4.92 Å². The summed E-state index contributed by atoms with van der Waals surface area (Å²) in [6, 6.07) is 2.52. The van der Waals surface area contributed by atoms with Gasteiger partial charge in [0.25, 0.3) is 11.6 Å². The molecule has 0 fully saturated rings. The first kappa shape index (κ1) is 16.6. The van der Waals surface area contributed by atoms with E-state index in [1.165, 1.54) is 6.07 Å². The Morgan fingerprint density at radius 2 is 1.95 bits per heavy atom. The number of rotatable bonds is 6. The lowest BCUT2D eigenvalue weighted by molar-refractivity contribution is -0.385. The zero-order chi connectivity index (χ0) is 16.2.